The van der Waals surface area contributed by atoms with Crippen LogP contribution in [0.15, 0.2) is 36.4 Å². The molecule has 1 aromatic rings. The zero-order valence-electron chi connectivity index (χ0n) is 7.72. The molecule has 0 amide bonds. The van der Waals surface area contributed by atoms with E-state index in [1.165, 1.54) is 6.07 Å². The lowest BCUT2D eigenvalue weighted by molar-refractivity contribution is -0.384. The summed E-state index contributed by atoms with van der Waals surface area (Å²) in [6.07, 6.45) is 6.40. The third kappa shape index (κ3) is 1.66. The van der Waals surface area contributed by atoms with E-state index in [-0.39, 0.29) is 10.6 Å². The van der Waals surface area contributed by atoms with E-state index in [1.54, 1.807) is 12.1 Å². The van der Waals surface area contributed by atoms with Crippen molar-refractivity contribution < 1.29 is 4.92 Å². The summed E-state index contributed by atoms with van der Waals surface area (Å²) in [5.41, 5.74) is 1.23. The van der Waals surface area contributed by atoms with Gasteiger partial charge in [0.1, 0.15) is 0 Å². The van der Waals surface area contributed by atoms with E-state index in [1.807, 2.05) is 6.07 Å². The van der Waals surface area contributed by atoms with Crippen LogP contribution >= 0.6 is 0 Å². The molecule has 3 heteroatoms. The first kappa shape index (κ1) is 8.94. The van der Waals surface area contributed by atoms with Crippen molar-refractivity contribution >= 4 is 5.69 Å². The Hall–Kier alpha value is -1.64. The molecule has 0 N–H and O–H groups in total. The summed E-state index contributed by atoms with van der Waals surface area (Å²) >= 11 is 0. The van der Waals surface area contributed by atoms with Gasteiger partial charge in [0.15, 0.2) is 0 Å². The van der Waals surface area contributed by atoms with Crippen molar-refractivity contribution in [2.45, 2.75) is 18.8 Å². The van der Waals surface area contributed by atoms with Crippen molar-refractivity contribution in [1.29, 1.82) is 0 Å². The summed E-state index contributed by atoms with van der Waals surface area (Å²) in [5, 5.41) is 10.6. The number of allylic oxidation sites excluding steroid dienone is 2. The van der Waals surface area contributed by atoms with E-state index < -0.39 is 0 Å². The first-order chi connectivity index (χ1) is 6.77. The Morgan fingerprint density at radius 1 is 1.43 bits per heavy atom. The number of hydrogen-bond donors (Lipinski definition) is 0. The fourth-order valence-electron chi connectivity index (χ4n) is 1.78. The largest absolute Gasteiger partial charge is 0.269 e. The first-order valence-corrected chi connectivity index (χ1v) is 4.68. The summed E-state index contributed by atoms with van der Waals surface area (Å²) in [6.45, 7) is 0. The average molecular weight is 189 g/mol. The third-order valence-electron chi connectivity index (χ3n) is 2.52. The zero-order valence-corrected chi connectivity index (χ0v) is 7.72. The van der Waals surface area contributed by atoms with Crippen LogP contribution in [0.4, 0.5) is 5.69 Å². The second kappa shape index (κ2) is 3.62. The molecule has 0 spiro atoms. The van der Waals surface area contributed by atoms with Gasteiger partial charge < -0.3 is 0 Å². The van der Waals surface area contributed by atoms with E-state index in [9.17, 15) is 10.1 Å². The van der Waals surface area contributed by atoms with E-state index in [0.717, 1.165) is 18.4 Å². The Morgan fingerprint density at radius 2 is 2.29 bits per heavy atom. The van der Waals surface area contributed by atoms with E-state index in [4.69, 9.17) is 0 Å². The summed E-state index contributed by atoms with van der Waals surface area (Å²) in [4.78, 5) is 10.2. The topological polar surface area (TPSA) is 43.1 Å². The van der Waals surface area contributed by atoms with Gasteiger partial charge in [0.2, 0.25) is 0 Å². The molecule has 0 saturated carbocycles. The Kier molecular flexibility index (Phi) is 2.31. The number of benzene rings is 1. The number of hydrogen-bond acceptors (Lipinski definition) is 2. The SMILES string of the molecule is O=[N+]([O-])c1cccc(C2C=CCC2)c1. The molecule has 0 radical (unpaired) electrons. The van der Waals surface area contributed by atoms with E-state index in [0.29, 0.717) is 5.92 Å². The number of nitro benzene ring substituents is 1. The van der Waals surface area contributed by atoms with E-state index >= 15 is 0 Å². The van der Waals surface area contributed by atoms with Crippen LogP contribution in [0.1, 0.15) is 24.3 Å². The van der Waals surface area contributed by atoms with Gasteiger partial charge in [0, 0.05) is 18.1 Å². The van der Waals surface area contributed by atoms with Crippen molar-refractivity contribution in [1.82, 2.24) is 0 Å². The fraction of sp³-hybridized carbons (Fsp3) is 0.273. The van der Waals surface area contributed by atoms with Crippen LogP contribution in [0.2, 0.25) is 0 Å². The molecule has 0 aliphatic heterocycles. The molecule has 1 aliphatic carbocycles. The van der Waals surface area contributed by atoms with Crippen LogP contribution in [-0.2, 0) is 0 Å². The summed E-state index contributed by atoms with van der Waals surface area (Å²) in [5.74, 6) is 0.370. The third-order valence-corrected chi connectivity index (χ3v) is 2.52. The van der Waals surface area contributed by atoms with Gasteiger partial charge in [-0.3, -0.25) is 10.1 Å². The normalized spacial score (nSPS) is 19.9. The second-order valence-electron chi connectivity index (χ2n) is 3.46. The molecule has 1 aromatic carbocycles. The number of nitro groups is 1. The van der Waals surface area contributed by atoms with Gasteiger partial charge in [-0.15, -0.1) is 0 Å². The van der Waals surface area contributed by atoms with E-state index in [2.05, 4.69) is 12.2 Å². The van der Waals surface area contributed by atoms with Gasteiger partial charge in [-0.05, 0) is 18.4 Å². The minimum atomic E-state index is -0.345. The second-order valence-corrected chi connectivity index (χ2v) is 3.46. The number of nitrogens with zero attached hydrogens (tertiary/aromatic N) is 1. The molecule has 14 heavy (non-hydrogen) atoms. The lowest BCUT2D eigenvalue weighted by atomic mass is 9.98. The monoisotopic (exact) mass is 189 g/mol. The molecule has 0 bridgehead atoms. The predicted molar refractivity (Wildman–Crippen MR) is 54.2 cm³/mol. The smallest absolute Gasteiger partial charge is 0.258 e. The van der Waals surface area contributed by atoms with Gasteiger partial charge in [-0.1, -0.05) is 24.3 Å². The summed E-state index contributed by atoms with van der Waals surface area (Å²) in [7, 11) is 0. The Morgan fingerprint density at radius 3 is 2.93 bits per heavy atom. The van der Waals surface area contributed by atoms with Crippen molar-refractivity contribution in [3.05, 3.63) is 52.1 Å². The minimum Gasteiger partial charge on any atom is -0.258 e. The van der Waals surface area contributed by atoms with Gasteiger partial charge >= 0.3 is 0 Å². The van der Waals surface area contributed by atoms with Crippen LogP contribution in [0.3, 0.4) is 0 Å². The lowest BCUT2D eigenvalue weighted by Crippen LogP contribution is -1.93. The molecular formula is C11H11NO2. The molecule has 72 valence electrons. The molecule has 2 rings (SSSR count). The Labute approximate surface area is 82.2 Å². The molecular weight excluding hydrogens is 178 g/mol. The maximum absolute atomic E-state index is 10.6. The summed E-state index contributed by atoms with van der Waals surface area (Å²) in [6, 6.07) is 6.90. The van der Waals surface area contributed by atoms with Crippen LogP contribution < -0.4 is 0 Å². The van der Waals surface area contributed by atoms with Crippen LogP contribution in [0, 0.1) is 10.1 Å². The van der Waals surface area contributed by atoms with Crippen LogP contribution in [-0.4, -0.2) is 4.92 Å². The average Bonchev–Trinajstić information content (AvgIpc) is 2.71. The van der Waals surface area contributed by atoms with Gasteiger partial charge in [0.05, 0.1) is 4.92 Å². The fourth-order valence-corrected chi connectivity index (χ4v) is 1.78. The maximum Gasteiger partial charge on any atom is 0.269 e. The maximum atomic E-state index is 10.6. The predicted octanol–water partition coefficient (Wildman–Crippen LogP) is 3.03. The standard InChI is InChI=1S/C11H11NO2/c13-12(14)11-7-3-6-10(8-11)9-4-1-2-5-9/h1,3-4,6-9H,2,5H2. The highest BCUT2D eigenvalue weighted by Crippen LogP contribution is 2.29. The highest BCUT2D eigenvalue weighted by atomic mass is 16.6. The highest BCUT2D eigenvalue weighted by Gasteiger charge is 2.14. The molecule has 1 aliphatic rings. The minimum absolute atomic E-state index is 0.183. The lowest BCUT2D eigenvalue weighted by Gasteiger charge is -2.06. The number of non-ortho nitro benzene ring substituents is 1. The zero-order chi connectivity index (χ0) is 9.97. The Balaban J connectivity index is 2.30. The molecule has 1 atom stereocenters. The molecule has 0 saturated heterocycles. The molecule has 0 fully saturated rings. The van der Waals surface area contributed by atoms with Crippen molar-refractivity contribution in [3.8, 4) is 0 Å². The molecule has 0 heterocycles. The number of rotatable bonds is 2. The van der Waals surface area contributed by atoms with Crippen molar-refractivity contribution in [2.75, 3.05) is 0 Å². The summed E-state index contributed by atoms with van der Waals surface area (Å²) < 4.78 is 0. The molecule has 3 nitrogen and oxygen atoms in total. The molecule has 0 aromatic heterocycles. The van der Waals surface area contributed by atoms with Gasteiger partial charge in [-0.25, -0.2) is 0 Å². The van der Waals surface area contributed by atoms with Crippen LogP contribution in [0.25, 0.3) is 0 Å². The quantitative estimate of drug-likeness (QED) is 0.407. The molecule has 1 unspecified atom stereocenters. The Bertz CT molecular complexity index is 385. The van der Waals surface area contributed by atoms with Gasteiger partial charge in [-0.2, -0.15) is 0 Å². The van der Waals surface area contributed by atoms with Gasteiger partial charge in [0.25, 0.3) is 5.69 Å². The van der Waals surface area contributed by atoms with Crippen molar-refractivity contribution in [2.24, 2.45) is 0 Å². The first-order valence-electron chi connectivity index (χ1n) is 4.68. The van der Waals surface area contributed by atoms with Crippen molar-refractivity contribution in [3.63, 3.8) is 0 Å². The van der Waals surface area contributed by atoms with Crippen LogP contribution in [0.5, 0.6) is 0 Å². The highest BCUT2D eigenvalue weighted by molar-refractivity contribution is 5.38.